The Morgan fingerprint density at radius 1 is 0.656 bits per heavy atom. The number of benzene rings is 1. The number of hydrogen-bond donors (Lipinski definition) is 4. The van der Waals surface area contributed by atoms with Crippen LogP contribution in [0, 0.1) is 22.7 Å². The summed E-state index contributed by atoms with van der Waals surface area (Å²) in [6.45, 7) is 17.3. The molecule has 1 aromatic carbocycles. The highest BCUT2D eigenvalue weighted by molar-refractivity contribution is 7.60. The van der Waals surface area contributed by atoms with Gasteiger partial charge in [-0.15, -0.1) is 0 Å². The minimum atomic E-state index is -3.51. The maximum Gasteiger partial charge on any atom is 0.451 e. The van der Waals surface area contributed by atoms with Crippen molar-refractivity contribution in [3.8, 4) is 11.5 Å². The number of hydrogen-bond acceptors (Lipinski definition) is 6. The fraction of sp³-hybridized carbons (Fsp3) is 0.750. The summed E-state index contributed by atoms with van der Waals surface area (Å²) in [5.74, 6) is 1.37. The second kappa shape index (κ2) is 11.8. The third-order valence-electron chi connectivity index (χ3n) is 5.07. The fourth-order valence-corrected chi connectivity index (χ4v) is 6.72. The van der Waals surface area contributed by atoms with Crippen molar-refractivity contribution in [2.75, 3.05) is 12.3 Å². The van der Waals surface area contributed by atoms with E-state index in [1.165, 1.54) is 0 Å². The molecule has 4 N–H and O–H groups in total. The Morgan fingerprint density at radius 3 is 1.19 bits per heavy atom. The molecule has 1 rings (SSSR count). The summed E-state index contributed by atoms with van der Waals surface area (Å²) >= 11 is 0. The van der Waals surface area contributed by atoms with E-state index in [4.69, 9.17) is 9.05 Å². The van der Waals surface area contributed by atoms with Crippen molar-refractivity contribution >= 4 is 15.9 Å². The third-order valence-corrected chi connectivity index (χ3v) is 7.76. The van der Waals surface area contributed by atoms with Crippen LogP contribution in [0.1, 0.15) is 81.1 Å². The molecule has 0 saturated carbocycles. The molecule has 1 aromatic rings. The maximum atomic E-state index is 10.3. The molecule has 6 nitrogen and oxygen atoms in total. The van der Waals surface area contributed by atoms with Crippen molar-refractivity contribution in [1.82, 2.24) is 0 Å². The molecule has 0 saturated heterocycles. The predicted molar refractivity (Wildman–Crippen MR) is 136 cm³/mol. The second-order valence-corrected chi connectivity index (χ2v) is 15.7. The van der Waals surface area contributed by atoms with Gasteiger partial charge in [0, 0.05) is 0 Å². The van der Waals surface area contributed by atoms with E-state index < -0.39 is 15.9 Å². The van der Waals surface area contributed by atoms with Gasteiger partial charge in [0.1, 0.15) is 12.3 Å². The molecule has 0 fully saturated rings. The van der Waals surface area contributed by atoms with Crippen LogP contribution in [0.25, 0.3) is 0 Å². The zero-order chi connectivity index (χ0) is 24.8. The van der Waals surface area contributed by atoms with Crippen LogP contribution in [0.3, 0.4) is 0 Å². The van der Waals surface area contributed by atoms with E-state index in [0.717, 1.165) is 12.8 Å². The molecular formula is C24H46O6P2+2. The minimum Gasteiger partial charge on any atom is -0.287 e. The lowest BCUT2D eigenvalue weighted by Gasteiger charge is -2.23. The summed E-state index contributed by atoms with van der Waals surface area (Å²) < 4.78 is 10.9. The highest BCUT2D eigenvalue weighted by Gasteiger charge is 2.39. The summed E-state index contributed by atoms with van der Waals surface area (Å²) in [5, 5.41) is 0. The SMILES string of the molecule is CC(CC[P+](O)(O)Oc1ccc(O[P+](O)(O)CCC(C)CC(C)(C)C)cc1)CC(C)(C)C. The predicted octanol–water partition coefficient (Wildman–Crippen LogP) is 6.86. The van der Waals surface area contributed by atoms with Crippen molar-refractivity contribution in [3.63, 3.8) is 0 Å². The van der Waals surface area contributed by atoms with Crippen molar-refractivity contribution < 1.29 is 28.6 Å². The highest BCUT2D eigenvalue weighted by Crippen LogP contribution is 2.54. The molecule has 0 aliphatic heterocycles. The summed E-state index contributed by atoms with van der Waals surface area (Å²) in [4.78, 5) is 41.2. The first-order valence-corrected chi connectivity index (χ1v) is 15.1. The molecule has 0 heterocycles. The Labute approximate surface area is 196 Å². The van der Waals surface area contributed by atoms with Gasteiger partial charge < -0.3 is 0 Å². The van der Waals surface area contributed by atoms with Gasteiger partial charge in [-0.2, -0.15) is 19.6 Å². The van der Waals surface area contributed by atoms with Gasteiger partial charge in [-0.25, -0.2) is 0 Å². The molecule has 32 heavy (non-hydrogen) atoms. The first-order valence-electron chi connectivity index (χ1n) is 11.5. The van der Waals surface area contributed by atoms with Gasteiger partial charge in [-0.1, -0.05) is 55.4 Å². The average Bonchev–Trinajstić information content (AvgIpc) is 2.57. The molecule has 186 valence electrons. The average molecular weight is 493 g/mol. The van der Waals surface area contributed by atoms with Crippen LogP contribution in [0.5, 0.6) is 11.5 Å². The van der Waals surface area contributed by atoms with Crippen LogP contribution in [0.4, 0.5) is 0 Å². The van der Waals surface area contributed by atoms with Gasteiger partial charge in [0.15, 0.2) is 11.5 Å². The van der Waals surface area contributed by atoms with Crippen LogP contribution in [-0.4, -0.2) is 31.9 Å². The Morgan fingerprint density at radius 2 is 0.938 bits per heavy atom. The highest BCUT2D eigenvalue weighted by atomic mass is 31.2. The smallest absolute Gasteiger partial charge is 0.287 e. The molecule has 0 amide bonds. The first kappa shape index (κ1) is 29.6. The Bertz CT molecular complexity index is 618. The number of rotatable bonds is 12. The van der Waals surface area contributed by atoms with Gasteiger partial charge in [0.2, 0.25) is 0 Å². The van der Waals surface area contributed by atoms with E-state index in [0.29, 0.717) is 36.2 Å². The topological polar surface area (TPSA) is 99.4 Å². The molecular weight excluding hydrogens is 446 g/mol. The lowest BCUT2D eigenvalue weighted by atomic mass is 9.84. The third kappa shape index (κ3) is 13.9. The van der Waals surface area contributed by atoms with Crippen molar-refractivity contribution in [1.29, 1.82) is 0 Å². The van der Waals surface area contributed by atoms with Gasteiger partial charge in [0.05, 0.1) is 0 Å². The zero-order valence-corrected chi connectivity index (χ0v) is 23.0. The summed E-state index contributed by atoms with van der Waals surface area (Å²) in [7, 11) is -7.02. The minimum absolute atomic E-state index is 0.198. The van der Waals surface area contributed by atoms with Crippen LogP contribution >= 0.6 is 15.9 Å². The molecule has 2 atom stereocenters. The molecule has 0 spiro atoms. The molecule has 2 unspecified atom stereocenters. The monoisotopic (exact) mass is 492 g/mol. The molecule has 0 aromatic heterocycles. The quantitative estimate of drug-likeness (QED) is 0.238. The van der Waals surface area contributed by atoms with E-state index in [-0.39, 0.29) is 23.2 Å². The van der Waals surface area contributed by atoms with Crippen molar-refractivity contribution in [2.24, 2.45) is 22.7 Å². The van der Waals surface area contributed by atoms with Gasteiger partial charge >= 0.3 is 15.9 Å². The molecule has 8 heteroatoms. The lowest BCUT2D eigenvalue weighted by molar-refractivity contribution is 0.290. The molecule has 0 aliphatic rings. The van der Waals surface area contributed by atoms with E-state index in [9.17, 15) is 19.6 Å². The van der Waals surface area contributed by atoms with Crippen LogP contribution in [0.2, 0.25) is 0 Å². The Kier molecular flexibility index (Phi) is 10.9. The summed E-state index contributed by atoms with van der Waals surface area (Å²) in [6, 6.07) is 6.21. The van der Waals surface area contributed by atoms with Gasteiger partial charge in [-0.05, 0) is 72.6 Å². The summed E-state index contributed by atoms with van der Waals surface area (Å²) in [6.07, 6.45) is 3.76. The standard InChI is InChI=1S/C24H46O6P2/c1-19(17-23(3,4)5)13-15-31(25,26)29-21-9-11-22(12-10-21)30-32(27,28)16-14-20(2)18-24(6,7)8/h9-12,19-20,25-28H,13-18H2,1-8H3/q+2. The molecule has 0 bridgehead atoms. The summed E-state index contributed by atoms with van der Waals surface area (Å²) in [5.41, 5.74) is 0.397. The zero-order valence-electron chi connectivity index (χ0n) is 21.2. The first-order chi connectivity index (χ1) is 14.4. The van der Waals surface area contributed by atoms with Crippen LogP contribution in [0.15, 0.2) is 24.3 Å². The van der Waals surface area contributed by atoms with E-state index in [1.807, 2.05) is 0 Å². The largest absolute Gasteiger partial charge is 0.451 e. The van der Waals surface area contributed by atoms with Crippen LogP contribution in [-0.2, 0) is 0 Å². The van der Waals surface area contributed by atoms with E-state index >= 15 is 0 Å². The Hall–Kier alpha value is -0.480. The van der Waals surface area contributed by atoms with Crippen molar-refractivity contribution in [2.45, 2.75) is 81.1 Å². The second-order valence-electron chi connectivity index (χ2n) is 11.7. The fourth-order valence-electron chi connectivity index (χ4n) is 4.06. The van der Waals surface area contributed by atoms with Gasteiger partial charge in [-0.3, -0.25) is 9.05 Å². The normalized spacial score (nSPS) is 15.4. The molecule has 0 radical (unpaired) electrons. The lowest BCUT2D eigenvalue weighted by Crippen LogP contribution is -2.14. The van der Waals surface area contributed by atoms with Crippen LogP contribution < -0.4 is 9.05 Å². The van der Waals surface area contributed by atoms with E-state index in [2.05, 4.69) is 55.4 Å². The van der Waals surface area contributed by atoms with E-state index in [1.54, 1.807) is 24.3 Å². The van der Waals surface area contributed by atoms with Crippen molar-refractivity contribution in [3.05, 3.63) is 24.3 Å². The molecule has 0 aliphatic carbocycles. The maximum absolute atomic E-state index is 10.3. The Balaban J connectivity index is 2.55. The van der Waals surface area contributed by atoms with Gasteiger partial charge in [0.25, 0.3) is 0 Å².